The fourth-order valence-corrected chi connectivity index (χ4v) is 1.16. The van der Waals surface area contributed by atoms with Crippen molar-refractivity contribution in [2.45, 2.75) is 33.2 Å². The Kier molecular flexibility index (Phi) is 5.72. The molecule has 3 nitrogen and oxygen atoms in total. The summed E-state index contributed by atoms with van der Waals surface area (Å²) in [5, 5.41) is 5.79. The van der Waals surface area contributed by atoms with Crippen LogP contribution in [0.3, 0.4) is 0 Å². The summed E-state index contributed by atoms with van der Waals surface area (Å²) in [6, 6.07) is 0.311. The number of likely N-dealkylation sites (N-methyl/N-ethyl adjacent to an activating group) is 1. The van der Waals surface area contributed by atoms with Gasteiger partial charge in [0.15, 0.2) is 0 Å². The average molecular weight is 172 g/mol. The Morgan fingerprint density at radius 2 is 2.00 bits per heavy atom. The highest BCUT2D eigenvalue weighted by molar-refractivity contribution is 5.78. The number of carbonyl (C=O) groups is 1. The molecular formula is C9H20N2O. The van der Waals surface area contributed by atoms with Crippen molar-refractivity contribution < 1.29 is 4.79 Å². The molecule has 1 atom stereocenters. The number of hydrogen-bond donors (Lipinski definition) is 2. The van der Waals surface area contributed by atoms with Crippen LogP contribution >= 0.6 is 0 Å². The maximum atomic E-state index is 11.1. The van der Waals surface area contributed by atoms with Crippen LogP contribution in [0, 0.1) is 5.92 Å². The molecule has 0 aromatic heterocycles. The highest BCUT2D eigenvalue weighted by Gasteiger charge is 2.12. The van der Waals surface area contributed by atoms with Crippen molar-refractivity contribution in [1.82, 2.24) is 10.6 Å². The monoisotopic (exact) mass is 172 g/mol. The van der Waals surface area contributed by atoms with Gasteiger partial charge in [-0.1, -0.05) is 20.8 Å². The predicted octanol–water partition coefficient (Wildman–Crippen LogP) is 0.757. The topological polar surface area (TPSA) is 41.1 Å². The lowest BCUT2D eigenvalue weighted by Crippen LogP contribution is -2.41. The van der Waals surface area contributed by atoms with Gasteiger partial charge >= 0.3 is 0 Å². The number of carbonyl (C=O) groups excluding carboxylic acids is 1. The van der Waals surface area contributed by atoms with E-state index in [2.05, 4.69) is 31.4 Å². The van der Waals surface area contributed by atoms with Gasteiger partial charge in [-0.3, -0.25) is 4.79 Å². The number of hydrogen-bond acceptors (Lipinski definition) is 2. The molecule has 1 unspecified atom stereocenters. The lowest BCUT2D eigenvalue weighted by molar-refractivity contribution is -0.121. The number of rotatable bonds is 5. The van der Waals surface area contributed by atoms with Crippen LogP contribution in [-0.4, -0.2) is 25.5 Å². The Balaban J connectivity index is 3.77. The van der Waals surface area contributed by atoms with Gasteiger partial charge in [0.25, 0.3) is 0 Å². The van der Waals surface area contributed by atoms with Crippen LogP contribution in [0.15, 0.2) is 0 Å². The van der Waals surface area contributed by atoms with Crippen LogP contribution in [0.5, 0.6) is 0 Å². The molecule has 0 rings (SSSR count). The van der Waals surface area contributed by atoms with Crippen molar-refractivity contribution in [2.24, 2.45) is 5.92 Å². The zero-order valence-corrected chi connectivity index (χ0v) is 8.48. The van der Waals surface area contributed by atoms with Crippen molar-refractivity contribution in [3.05, 3.63) is 0 Å². The maximum Gasteiger partial charge on any atom is 0.234 e. The summed E-state index contributed by atoms with van der Waals surface area (Å²) in [4.78, 5) is 11.1. The summed E-state index contributed by atoms with van der Waals surface area (Å²) in [7, 11) is 1.77. The largest absolute Gasteiger partial charge is 0.352 e. The molecule has 72 valence electrons. The minimum atomic E-state index is 0.0815. The second-order valence-corrected chi connectivity index (χ2v) is 3.36. The first-order chi connectivity index (χ1) is 5.61. The van der Waals surface area contributed by atoms with E-state index in [1.165, 1.54) is 0 Å². The summed E-state index contributed by atoms with van der Waals surface area (Å²) in [5.74, 6) is 0.592. The standard InChI is InChI=1S/C9H20N2O/c1-5-8(7(2)3)11-9(12)6-10-4/h7-8,10H,5-6H2,1-4H3,(H,11,12). The van der Waals surface area contributed by atoms with E-state index in [1.807, 2.05) is 0 Å². The van der Waals surface area contributed by atoms with Crippen LogP contribution in [0.25, 0.3) is 0 Å². The third-order valence-electron chi connectivity index (χ3n) is 1.93. The maximum absolute atomic E-state index is 11.1. The Bertz CT molecular complexity index is 134. The van der Waals surface area contributed by atoms with Crippen LogP contribution in [0.4, 0.5) is 0 Å². The van der Waals surface area contributed by atoms with E-state index in [0.717, 1.165) is 6.42 Å². The average Bonchev–Trinajstić information content (AvgIpc) is 2.00. The third-order valence-corrected chi connectivity index (χ3v) is 1.93. The normalized spacial score (nSPS) is 13.1. The molecule has 3 heteroatoms. The van der Waals surface area contributed by atoms with Gasteiger partial charge in [-0.15, -0.1) is 0 Å². The van der Waals surface area contributed by atoms with Crippen LogP contribution in [0.2, 0.25) is 0 Å². The van der Waals surface area contributed by atoms with Gasteiger partial charge in [0.05, 0.1) is 6.54 Å². The SMILES string of the molecule is CCC(NC(=O)CNC)C(C)C. The lowest BCUT2D eigenvalue weighted by Gasteiger charge is -2.20. The summed E-state index contributed by atoms with van der Waals surface area (Å²) in [6.07, 6.45) is 0.993. The first-order valence-electron chi connectivity index (χ1n) is 4.55. The van der Waals surface area contributed by atoms with Gasteiger partial charge < -0.3 is 10.6 Å². The van der Waals surface area contributed by atoms with E-state index in [1.54, 1.807) is 7.05 Å². The lowest BCUT2D eigenvalue weighted by atomic mass is 10.0. The Morgan fingerprint density at radius 3 is 2.33 bits per heavy atom. The van der Waals surface area contributed by atoms with E-state index in [-0.39, 0.29) is 5.91 Å². The quantitative estimate of drug-likeness (QED) is 0.642. The molecule has 0 saturated carbocycles. The minimum Gasteiger partial charge on any atom is -0.352 e. The zero-order chi connectivity index (χ0) is 9.56. The highest BCUT2D eigenvalue weighted by atomic mass is 16.1. The molecule has 0 aliphatic heterocycles. The van der Waals surface area contributed by atoms with Gasteiger partial charge in [0.1, 0.15) is 0 Å². The smallest absolute Gasteiger partial charge is 0.234 e. The van der Waals surface area contributed by atoms with E-state index >= 15 is 0 Å². The molecule has 0 bridgehead atoms. The van der Waals surface area contributed by atoms with Gasteiger partial charge in [-0.25, -0.2) is 0 Å². The van der Waals surface area contributed by atoms with Crippen LogP contribution in [-0.2, 0) is 4.79 Å². The van der Waals surface area contributed by atoms with Crippen molar-refractivity contribution in [3.63, 3.8) is 0 Å². The summed E-state index contributed by atoms with van der Waals surface area (Å²) in [5.41, 5.74) is 0. The van der Waals surface area contributed by atoms with Crippen molar-refractivity contribution in [2.75, 3.05) is 13.6 Å². The third kappa shape index (κ3) is 4.34. The molecule has 0 aromatic rings. The molecule has 0 heterocycles. The van der Waals surface area contributed by atoms with Crippen molar-refractivity contribution >= 4 is 5.91 Å². The molecule has 1 amide bonds. The predicted molar refractivity (Wildman–Crippen MR) is 51.0 cm³/mol. The molecule has 0 fully saturated rings. The molecule has 0 spiro atoms. The Labute approximate surface area is 74.9 Å². The van der Waals surface area contributed by atoms with Gasteiger partial charge in [-0.05, 0) is 19.4 Å². The van der Waals surface area contributed by atoms with Gasteiger partial charge in [-0.2, -0.15) is 0 Å². The first-order valence-corrected chi connectivity index (χ1v) is 4.55. The van der Waals surface area contributed by atoms with Crippen molar-refractivity contribution in [1.29, 1.82) is 0 Å². The number of nitrogens with one attached hydrogen (secondary N) is 2. The van der Waals surface area contributed by atoms with E-state index in [4.69, 9.17) is 0 Å². The van der Waals surface area contributed by atoms with E-state index in [9.17, 15) is 4.79 Å². The van der Waals surface area contributed by atoms with E-state index in [0.29, 0.717) is 18.5 Å². The highest BCUT2D eigenvalue weighted by Crippen LogP contribution is 2.04. The summed E-state index contributed by atoms with van der Waals surface area (Å²) < 4.78 is 0. The number of amides is 1. The molecule has 0 aliphatic rings. The Hall–Kier alpha value is -0.570. The molecular weight excluding hydrogens is 152 g/mol. The van der Waals surface area contributed by atoms with Crippen molar-refractivity contribution in [3.8, 4) is 0 Å². The van der Waals surface area contributed by atoms with Gasteiger partial charge in [0, 0.05) is 6.04 Å². The molecule has 0 saturated heterocycles. The molecule has 12 heavy (non-hydrogen) atoms. The molecule has 0 aliphatic carbocycles. The summed E-state index contributed by atoms with van der Waals surface area (Å²) in [6.45, 7) is 6.73. The first kappa shape index (κ1) is 11.4. The van der Waals surface area contributed by atoms with Gasteiger partial charge in [0.2, 0.25) is 5.91 Å². The Morgan fingerprint density at radius 1 is 1.42 bits per heavy atom. The molecule has 0 aromatic carbocycles. The van der Waals surface area contributed by atoms with Crippen LogP contribution < -0.4 is 10.6 Å². The fraction of sp³-hybridized carbons (Fsp3) is 0.889. The van der Waals surface area contributed by atoms with Crippen LogP contribution in [0.1, 0.15) is 27.2 Å². The fourth-order valence-electron chi connectivity index (χ4n) is 1.16. The zero-order valence-electron chi connectivity index (χ0n) is 8.48. The van der Waals surface area contributed by atoms with E-state index < -0.39 is 0 Å². The minimum absolute atomic E-state index is 0.0815. The summed E-state index contributed by atoms with van der Waals surface area (Å²) >= 11 is 0. The molecule has 2 N–H and O–H groups in total. The second kappa shape index (κ2) is 6.00. The molecule has 0 radical (unpaired) electrons. The second-order valence-electron chi connectivity index (χ2n) is 3.36.